The first-order valence-electron chi connectivity index (χ1n) is 8.74. The Morgan fingerprint density at radius 2 is 1.71 bits per heavy atom. The summed E-state index contributed by atoms with van der Waals surface area (Å²) in [6, 6.07) is 9.46. The van der Waals surface area contributed by atoms with Crippen LogP contribution in [0.4, 0.5) is 0 Å². The Kier molecular flexibility index (Phi) is 10.7. The summed E-state index contributed by atoms with van der Waals surface area (Å²) in [4.78, 5) is 1.42. The standard InChI is InChI=1S/C19H33NS/c1-4-6-7-8-9-10-11-15-21-19-14-12-13-18(16-19)17(3)20-5-2/h12-14,16-17,20H,4-11,15H2,1-3H3. The maximum Gasteiger partial charge on any atom is 0.0292 e. The molecule has 0 heterocycles. The minimum absolute atomic E-state index is 0.453. The van der Waals surface area contributed by atoms with Gasteiger partial charge in [-0.2, -0.15) is 0 Å². The zero-order valence-electron chi connectivity index (χ0n) is 14.2. The first kappa shape index (κ1) is 18.6. The van der Waals surface area contributed by atoms with Crippen molar-refractivity contribution in [2.24, 2.45) is 0 Å². The highest BCUT2D eigenvalue weighted by atomic mass is 32.2. The molecule has 0 bridgehead atoms. The number of unbranched alkanes of at least 4 members (excludes halogenated alkanes) is 6. The van der Waals surface area contributed by atoms with Crippen LogP contribution in [0, 0.1) is 0 Å². The lowest BCUT2D eigenvalue weighted by Gasteiger charge is -2.13. The molecule has 2 heteroatoms. The van der Waals surface area contributed by atoms with E-state index in [-0.39, 0.29) is 0 Å². The normalized spacial score (nSPS) is 12.5. The van der Waals surface area contributed by atoms with Gasteiger partial charge in [0.2, 0.25) is 0 Å². The van der Waals surface area contributed by atoms with E-state index < -0.39 is 0 Å². The number of nitrogens with one attached hydrogen (secondary N) is 1. The predicted molar refractivity (Wildman–Crippen MR) is 97.3 cm³/mol. The summed E-state index contributed by atoms with van der Waals surface area (Å²) in [6.45, 7) is 7.71. The summed E-state index contributed by atoms with van der Waals surface area (Å²) >= 11 is 2.01. The van der Waals surface area contributed by atoms with Crippen molar-refractivity contribution in [2.75, 3.05) is 12.3 Å². The van der Waals surface area contributed by atoms with Crippen LogP contribution in [0.1, 0.15) is 77.3 Å². The lowest BCUT2D eigenvalue weighted by Crippen LogP contribution is -2.17. The average molecular weight is 308 g/mol. The van der Waals surface area contributed by atoms with Gasteiger partial charge in [0.25, 0.3) is 0 Å². The molecule has 120 valence electrons. The molecule has 0 aliphatic heterocycles. The molecule has 0 radical (unpaired) electrons. The molecule has 0 aromatic heterocycles. The van der Waals surface area contributed by atoms with E-state index >= 15 is 0 Å². The molecule has 0 saturated heterocycles. The summed E-state index contributed by atoms with van der Waals surface area (Å²) < 4.78 is 0. The Hall–Kier alpha value is -0.470. The van der Waals surface area contributed by atoms with Crippen molar-refractivity contribution in [3.8, 4) is 0 Å². The minimum atomic E-state index is 0.453. The smallest absolute Gasteiger partial charge is 0.0292 e. The van der Waals surface area contributed by atoms with Crippen molar-refractivity contribution in [3.05, 3.63) is 29.8 Å². The van der Waals surface area contributed by atoms with Crippen molar-refractivity contribution in [1.82, 2.24) is 5.32 Å². The van der Waals surface area contributed by atoms with E-state index in [1.807, 2.05) is 11.8 Å². The van der Waals surface area contributed by atoms with Crippen LogP contribution in [0.3, 0.4) is 0 Å². The summed E-state index contributed by atoms with van der Waals surface area (Å²) in [6.07, 6.45) is 9.76. The van der Waals surface area contributed by atoms with Gasteiger partial charge in [-0.3, -0.25) is 0 Å². The second-order valence-corrected chi connectivity index (χ2v) is 6.99. The molecule has 1 N–H and O–H groups in total. The monoisotopic (exact) mass is 307 g/mol. The number of benzene rings is 1. The van der Waals surface area contributed by atoms with E-state index in [9.17, 15) is 0 Å². The summed E-state index contributed by atoms with van der Waals surface area (Å²) in [5, 5.41) is 3.48. The fraction of sp³-hybridized carbons (Fsp3) is 0.684. The number of hydrogen-bond acceptors (Lipinski definition) is 2. The summed E-state index contributed by atoms with van der Waals surface area (Å²) in [5.41, 5.74) is 1.40. The van der Waals surface area contributed by atoms with E-state index in [4.69, 9.17) is 0 Å². The van der Waals surface area contributed by atoms with Gasteiger partial charge in [0.1, 0.15) is 0 Å². The number of rotatable bonds is 12. The van der Waals surface area contributed by atoms with E-state index in [0.717, 1.165) is 6.54 Å². The molecular formula is C19H33NS. The second-order valence-electron chi connectivity index (χ2n) is 5.82. The van der Waals surface area contributed by atoms with Gasteiger partial charge in [0.05, 0.1) is 0 Å². The molecule has 1 rings (SSSR count). The van der Waals surface area contributed by atoms with E-state index in [1.165, 1.54) is 61.2 Å². The Balaban J connectivity index is 2.18. The van der Waals surface area contributed by atoms with Gasteiger partial charge in [0, 0.05) is 10.9 Å². The molecule has 0 spiro atoms. The summed E-state index contributed by atoms with van der Waals surface area (Å²) in [5.74, 6) is 1.26. The van der Waals surface area contributed by atoms with Gasteiger partial charge in [-0.1, -0.05) is 64.5 Å². The molecule has 0 amide bonds. The number of hydrogen-bond donors (Lipinski definition) is 1. The maximum absolute atomic E-state index is 3.48. The fourth-order valence-electron chi connectivity index (χ4n) is 2.55. The third-order valence-electron chi connectivity index (χ3n) is 3.89. The molecule has 1 unspecified atom stereocenters. The van der Waals surface area contributed by atoms with E-state index in [1.54, 1.807) is 0 Å². The molecule has 0 aliphatic carbocycles. The molecule has 0 saturated carbocycles. The Morgan fingerprint density at radius 1 is 1.00 bits per heavy atom. The van der Waals surface area contributed by atoms with Crippen molar-refractivity contribution < 1.29 is 0 Å². The highest BCUT2D eigenvalue weighted by molar-refractivity contribution is 7.99. The van der Waals surface area contributed by atoms with Crippen molar-refractivity contribution in [3.63, 3.8) is 0 Å². The molecule has 21 heavy (non-hydrogen) atoms. The van der Waals surface area contributed by atoms with E-state index in [0.29, 0.717) is 6.04 Å². The molecule has 0 aliphatic rings. The quantitative estimate of drug-likeness (QED) is 0.364. The Labute approximate surface area is 136 Å². The highest BCUT2D eigenvalue weighted by Gasteiger charge is 2.04. The zero-order chi connectivity index (χ0) is 15.3. The van der Waals surface area contributed by atoms with Crippen LogP contribution in [0.15, 0.2) is 29.2 Å². The first-order chi connectivity index (χ1) is 10.3. The van der Waals surface area contributed by atoms with Crippen LogP contribution < -0.4 is 5.32 Å². The fourth-order valence-corrected chi connectivity index (χ4v) is 3.53. The molecule has 1 aromatic rings. The Morgan fingerprint density at radius 3 is 2.43 bits per heavy atom. The van der Waals surface area contributed by atoms with Crippen LogP contribution in [-0.2, 0) is 0 Å². The molecule has 0 fully saturated rings. The van der Waals surface area contributed by atoms with Crippen molar-refractivity contribution in [2.45, 2.75) is 76.7 Å². The molecular weight excluding hydrogens is 274 g/mol. The van der Waals surface area contributed by atoms with Crippen molar-refractivity contribution >= 4 is 11.8 Å². The van der Waals surface area contributed by atoms with Crippen LogP contribution in [0.5, 0.6) is 0 Å². The van der Waals surface area contributed by atoms with Crippen LogP contribution >= 0.6 is 11.8 Å². The lowest BCUT2D eigenvalue weighted by atomic mass is 10.1. The van der Waals surface area contributed by atoms with Gasteiger partial charge < -0.3 is 5.32 Å². The SMILES string of the molecule is CCCCCCCCCSc1cccc(C(C)NCC)c1. The second kappa shape index (κ2) is 12.1. The predicted octanol–water partition coefficient (Wildman–Crippen LogP) is 6.20. The van der Waals surface area contributed by atoms with Gasteiger partial charge in [-0.05, 0) is 43.3 Å². The van der Waals surface area contributed by atoms with E-state index in [2.05, 4.69) is 50.4 Å². The molecule has 1 nitrogen and oxygen atoms in total. The number of thioether (sulfide) groups is 1. The highest BCUT2D eigenvalue weighted by Crippen LogP contribution is 2.23. The molecule has 1 atom stereocenters. The summed E-state index contributed by atoms with van der Waals surface area (Å²) in [7, 11) is 0. The minimum Gasteiger partial charge on any atom is -0.310 e. The molecule has 1 aromatic carbocycles. The van der Waals surface area contributed by atoms with Gasteiger partial charge in [-0.15, -0.1) is 11.8 Å². The third-order valence-corrected chi connectivity index (χ3v) is 4.97. The van der Waals surface area contributed by atoms with Gasteiger partial charge in [0.15, 0.2) is 0 Å². The zero-order valence-corrected chi connectivity index (χ0v) is 15.0. The lowest BCUT2D eigenvalue weighted by molar-refractivity contribution is 0.597. The van der Waals surface area contributed by atoms with Crippen LogP contribution in [0.25, 0.3) is 0 Å². The van der Waals surface area contributed by atoms with Crippen molar-refractivity contribution in [1.29, 1.82) is 0 Å². The van der Waals surface area contributed by atoms with Crippen LogP contribution in [0.2, 0.25) is 0 Å². The average Bonchev–Trinajstić information content (AvgIpc) is 2.50. The largest absolute Gasteiger partial charge is 0.310 e. The van der Waals surface area contributed by atoms with Gasteiger partial charge >= 0.3 is 0 Å². The maximum atomic E-state index is 3.48. The third kappa shape index (κ3) is 8.53. The van der Waals surface area contributed by atoms with Gasteiger partial charge in [-0.25, -0.2) is 0 Å². The first-order valence-corrected chi connectivity index (χ1v) is 9.72. The topological polar surface area (TPSA) is 12.0 Å². The van der Waals surface area contributed by atoms with Crippen LogP contribution in [-0.4, -0.2) is 12.3 Å². The Bertz CT molecular complexity index is 364.